The zero-order valence-corrected chi connectivity index (χ0v) is 18.5. The highest BCUT2D eigenvalue weighted by molar-refractivity contribution is 7.89. The van der Waals surface area contributed by atoms with E-state index in [0.29, 0.717) is 6.54 Å². The molecule has 1 aromatic heterocycles. The van der Waals surface area contributed by atoms with Crippen molar-refractivity contribution < 1.29 is 22.7 Å². The molecule has 0 spiro atoms. The molecule has 156 valence electrons. The van der Waals surface area contributed by atoms with E-state index < -0.39 is 28.5 Å². The van der Waals surface area contributed by atoms with E-state index in [1.54, 1.807) is 7.05 Å². The highest BCUT2D eigenvalue weighted by atomic mass is 35.5. The van der Waals surface area contributed by atoms with Crippen LogP contribution in [0.4, 0.5) is 0 Å². The summed E-state index contributed by atoms with van der Waals surface area (Å²) in [6.45, 7) is -0.104. The van der Waals surface area contributed by atoms with Gasteiger partial charge in [-0.05, 0) is 36.4 Å². The Bertz CT molecular complexity index is 1020. The van der Waals surface area contributed by atoms with E-state index in [4.69, 9.17) is 27.9 Å². The summed E-state index contributed by atoms with van der Waals surface area (Å²) in [6.07, 6.45) is 1.50. The van der Waals surface area contributed by atoms with Crippen LogP contribution in [0.3, 0.4) is 0 Å². The van der Waals surface area contributed by atoms with Crippen molar-refractivity contribution in [2.24, 2.45) is 0 Å². The quantitative estimate of drug-likeness (QED) is 0.589. The molecular weight excluding hydrogens is 459 g/mol. The zero-order valence-electron chi connectivity index (χ0n) is 15.4. The molecule has 0 unspecified atom stereocenters. The van der Waals surface area contributed by atoms with Crippen LogP contribution in [0.1, 0.15) is 28.1 Å². The summed E-state index contributed by atoms with van der Waals surface area (Å²) in [6, 6.07) is 5.89. The van der Waals surface area contributed by atoms with Crippen molar-refractivity contribution >= 4 is 56.4 Å². The first-order valence-corrected chi connectivity index (χ1v) is 11.7. The number of nitrogens with one attached hydrogen (secondary N) is 1. The highest BCUT2D eigenvalue weighted by Crippen LogP contribution is 2.31. The summed E-state index contributed by atoms with van der Waals surface area (Å²) in [5, 5.41) is 1.73. The third kappa shape index (κ3) is 5.70. The van der Waals surface area contributed by atoms with Crippen LogP contribution in [0.15, 0.2) is 34.5 Å². The molecule has 0 bridgehead atoms. The maximum atomic E-state index is 12.4. The molecule has 1 saturated carbocycles. The third-order valence-electron chi connectivity index (χ3n) is 4.16. The summed E-state index contributed by atoms with van der Waals surface area (Å²) in [7, 11) is -2.30. The number of likely N-dealkylation sites (N-methyl/N-ethyl adjacent to an activating group) is 1. The highest BCUT2D eigenvalue weighted by Gasteiger charge is 2.30. The number of rotatable bonds is 8. The number of thiophene rings is 1. The van der Waals surface area contributed by atoms with Gasteiger partial charge in [-0.3, -0.25) is 4.79 Å². The minimum absolute atomic E-state index is 0.0650. The number of carbonyl (C=O) groups is 2. The molecule has 0 saturated heterocycles. The second-order valence-electron chi connectivity index (χ2n) is 6.56. The summed E-state index contributed by atoms with van der Waals surface area (Å²) >= 11 is 13.6. The molecular formula is C18H18Cl2N2O5S2. The predicted octanol–water partition coefficient (Wildman–Crippen LogP) is 3.31. The Balaban J connectivity index is 1.68. The van der Waals surface area contributed by atoms with Gasteiger partial charge in [-0.1, -0.05) is 29.3 Å². The van der Waals surface area contributed by atoms with Crippen molar-refractivity contribution in [3.05, 3.63) is 50.1 Å². The molecule has 1 heterocycles. The third-order valence-corrected chi connectivity index (χ3v) is 7.31. The van der Waals surface area contributed by atoms with Crippen LogP contribution in [-0.2, 0) is 26.1 Å². The Morgan fingerprint density at radius 3 is 2.62 bits per heavy atom. The number of sulfonamides is 1. The first-order chi connectivity index (χ1) is 13.7. The Labute approximate surface area is 182 Å². The molecule has 1 aliphatic rings. The first-order valence-electron chi connectivity index (χ1n) is 8.62. The lowest BCUT2D eigenvalue weighted by Crippen LogP contribution is -2.30. The molecule has 1 N–H and O–H groups in total. The molecule has 1 aromatic carbocycles. The normalized spacial score (nSPS) is 13.9. The number of hydrogen-bond acceptors (Lipinski definition) is 6. The average molecular weight is 477 g/mol. The summed E-state index contributed by atoms with van der Waals surface area (Å²) < 4.78 is 32.4. The van der Waals surface area contributed by atoms with Crippen molar-refractivity contribution in [1.82, 2.24) is 9.62 Å². The largest absolute Gasteiger partial charge is 0.452 e. The van der Waals surface area contributed by atoms with Gasteiger partial charge in [0, 0.05) is 18.0 Å². The van der Waals surface area contributed by atoms with E-state index >= 15 is 0 Å². The van der Waals surface area contributed by atoms with Gasteiger partial charge in [0.05, 0.1) is 22.2 Å². The Morgan fingerprint density at radius 2 is 2.00 bits per heavy atom. The van der Waals surface area contributed by atoms with Crippen molar-refractivity contribution in [1.29, 1.82) is 0 Å². The average Bonchev–Trinajstić information content (AvgIpc) is 3.29. The summed E-state index contributed by atoms with van der Waals surface area (Å²) in [5.41, 5.74) is -0.180. The van der Waals surface area contributed by atoms with E-state index in [-0.39, 0.29) is 26.5 Å². The molecule has 1 fully saturated rings. The van der Waals surface area contributed by atoms with Crippen LogP contribution in [-0.4, -0.2) is 44.9 Å². The lowest BCUT2D eigenvalue weighted by atomic mass is 10.2. The maximum absolute atomic E-state index is 12.4. The SMILES string of the molecule is CN(Cc1cccs1)C(=O)COC(=O)c1cc(S(=O)(=O)NC2CC2)c(Cl)cc1Cl. The van der Waals surface area contributed by atoms with Gasteiger partial charge < -0.3 is 9.64 Å². The van der Waals surface area contributed by atoms with Crippen LogP contribution in [0.5, 0.6) is 0 Å². The molecule has 29 heavy (non-hydrogen) atoms. The lowest BCUT2D eigenvalue weighted by molar-refractivity contribution is -0.133. The second-order valence-corrected chi connectivity index (χ2v) is 10.1. The molecule has 1 amide bonds. The summed E-state index contributed by atoms with van der Waals surface area (Å²) in [5.74, 6) is -1.31. The lowest BCUT2D eigenvalue weighted by Gasteiger charge is -2.16. The molecule has 1 aliphatic carbocycles. The summed E-state index contributed by atoms with van der Waals surface area (Å²) in [4.78, 5) is 26.8. The zero-order chi connectivity index (χ0) is 21.2. The molecule has 11 heteroatoms. The van der Waals surface area contributed by atoms with Gasteiger partial charge >= 0.3 is 5.97 Å². The molecule has 2 aromatic rings. The molecule has 0 atom stereocenters. The number of amides is 1. The fourth-order valence-electron chi connectivity index (χ4n) is 2.42. The van der Waals surface area contributed by atoms with E-state index in [2.05, 4.69) is 4.72 Å². The van der Waals surface area contributed by atoms with Gasteiger partial charge in [0.1, 0.15) is 4.90 Å². The first kappa shape index (κ1) is 22.0. The standard InChI is InChI=1S/C18H18Cl2N2O5S2/c1-22(9-12-3-2-6-28-12)17(23)10-27-18(24)13-7-16(15(20)8-14(13)19)29(25,26)21-11-4-5-11/h2-3,6-8,11,21H,4-5,9-10H2,1H3. The van der Waals surface area contributed by atoms with Crippen LogP contribution in [0.2, 0.25) is 10.0 Å². The number of ether oxygens (including phenoxy) is 1. The van der Waals surface area contributed by atoms with Crippen molar-refractivity contribution in [3.63, 3.8) is 0 Å². The number of carbonyl (C=O) groups excluding carboxylic acids is 2. The minimum Gasteiger partial charge on any atom is -0.452 e. The van der Waals surface area contributed by atoms with E-state index in [1.165, 1.54) is 22.3 Å². The van der Waals surface area contributed by atoms with E-state index in [1.807, 2.05) is 17.5 Å². The number of benzene rings is 1. The van der Waals surface area contributed by atoms with Crippen molar-refractivity contribution in [2.75, 3.05) is 13.7 Å². The number of halogens is 2. The van der Waals surface area contributed by atoms with Gasteiger partial charge in [0.15, 0.2) is 6.61 Å². The van der Waals surface area contributed by atoms with Crippen LogP contribution in [0.25, 0.3) is 0 Å². The monoisotopic (exact) mass is 476 g/mol. The van der Waals surface area contributed by atoms with Crippen molar-refractivity contribution in [2.45, 2.75) is 30.3 Å². The van der Waals surface area contributed by atoms with Gasteiger partial charge in [0.25, 0.3) is 5.91 Å². The van der Waals surface area contributed by atoms with E-state index in [0.717, 1.165) is 23.8 Å². The Morgan fingerprint density at radius 1 is 1.28 bits per heavy atom. The van der Waals surface area contributed by atoms with Gasteiger partial charge in [-0.15, -0.1) is 11.3 Å². The van der Waals surface area contributed by atoms with E-state index in [9.17, 15) is 18.0 Å². The fraction of sp³-hybridized carbons (Fsp3) is 0.333. The maximum Gasteiger partial charge on any atom is 0.340 e. The van der Waals surface area contributed by atoms with Gasteiger partial charge in [-0.2, -0.15) is 0 Å². The second kappa shape index (κ2) is 9.01. The molecule has 0 radical (unpaired) electrons. The van der Waals surface area contributed by atoms with Crippen molar-refractivity contribution in [3.8, 4) is 0 Å². The Hall–Kier alpha value is -1.65. The van der Waals surface area contributed by atoms with Crippen LogP contribution >= 0.6 is 34.5 Å². The number of hydrogen-bond donors (Lipinski definition) is 1. The topological polar surface area (TPSA) is 92.8 Å². The fourth-order valence-corrected chi connectivity index (χ4v) is 5.33. The molecule has 0 aliphatic heterocycles. The Kier molecular flexibility index (Phi) is 6.85. The molecule has 3 rings (SSSR count). The number of esters is 1. The predicted molar refractivity (Wildman–Crippen MR) is 111 cm³/mol. The molecule has 7 nitrogen and oxygen atoms in total. The minimum atomic E-state index is -3.90. The van der Waals surface area contributed by atoms with Gasteiger partial charge in [-0.25, -0.2) is 17.9 Å². The van der Waals surface area contributed by atoms with Crippen LogP contribution < -0.4 is 4.72 Å². The van der Waals surface area contributed by atoms with Gasteiger partial charge in [0.2, 0.25) is 10.0 Å². The van der Waals surface area contributed by atoms with Crippen LogP contribution in [0, 0.1) is 0 Å². The number of nitrogens with zero attached hydrogens (tertiary/aromatic N) is 1. The smallest absolute Gasteiger partial charge is 0.340 e.